The summed E-state index contributed by atoms with van der Waals surface area (Å²) in [6.07, 6.45) is 7.09. The van der Waals surface area contributed by atoms with Gasteiger partial charge in [0.05, 0.1) is 0 Å². The number of nitrogens with zero attached hydrogens (tertiary/aromatic N) is 2. The normalized spacial score (nSPS) is 30.4. The lowest BCUT2D eigenvalue weighted by Crippen LogP contribution is -2.38. The van der Waals surface area contributed by atoms with E-state index in [0.717, 1.165) is 18.1 Å². The zero-order valence-electron chi connectivity index (χ0n) is 11.2. The van der Waals surface area contributed by atoms with Gasteiger partial charge in [0.15, 0.2) is 0 Å². The van der Waals surface area contributed by atoms with Crippen LogP contribution < -0.4 is 5.32 Å². The maximum atomic E-state index is 3.76. The van der Waals surface area contributed by atoms with E-state index in [1.807, 2.05) is 0 Å². The zero-order valence-corrected chi connectivity index (χ0v) is 11.2. The lowest BCUT2D eigenvalue weighted by molar-refractivity contribution is 0.223. The first-order valence-corrected chi connectivity index (χ1v) is 7.57. The lowest BCUT2D eigenvalue weighted by atomic mass is 10.2. The van der Waals surface area contributed by atoms with Crippen molar-refractivity contribution in [2.24, 2.45) is 0 Å². The maximum absolute atomic E-state index is 3.76. The molecule has 1 atom stereocenters. The van der Waals surface area contributed by atoms with Gasteiger partial charge in [0.1, 0.15) is 0 Å². The van der Waals surface area contributed by atoms with Crippen molar-refractivity contribution in [2.75, 3.05) is 32.7 Å². The Labute approximate surface area is 106 Å². The van der Waals surface area contributed by atoms with Gasteiger partial charge in [0.25, 0.3) is 0 Å². The fourth-order valence-electron chi connectivity index (χ4n) is 3.06. The van der Waals surface area contributed by atoms with Gasteiger partial charge in [-0.1, -0.05) is 6.92 Å². The third kappa shape index (κ3) is 3.43. The molecule has 0 bridgehead atoms. The number of rotatable bonds is 7. The molecule has 3 heteroatoms. The smallest absolute Gasteiger partial charge is 0.0209 e. The molecule has 2 saturated carbocycles. The molecule has 3 rings (SSSR count). The van der Waals surface area contributed by atoms with E-state index in [2.05, 4.69) is 22.0 Å². The van der Waals surface area contributed by atoms with Crippen LogP contribution in [0.25, 0.3) is 0 Å². The molecule has 3 nitrogen and oxygen atoms in total. The molecule has 1 heterocycles. The summed E-state index contributed by atoms with van der Waals surface area (Å²) in [7, 11) is 0. The summed E-state index contributed by atoms with van der Waals surface area (Å²) < 4.78 is 0. The van der Waals surface area contributed by atoms with Crippen LogP contribution >= 0.6 is 0 Å². The highest BCUT2D eigenvalue weighted by atomic mass is 15.2. The minimum absolute atomic E-state index is 0.790. The Balaban J connectivity index is 1.34. The van der Waals surface area contributed by atoms with Crippen LogP contribution in [0.5, 0.6) is 0 Å². The summed E-state index contributed by atoms with van der Waals surface area (Å²) in [6, 6.07) is 2.60. The zero-order chi connectivity index (χ0) is 11.7. The molecule has 0 aromatic heterocycles. The molecular formula is C14H27N3. The van der Waals surface area contributed by atoms with E-state index in [1.54, 1.807) is 0 Å². The minimum atomic E-state index is 0.790. The van der Waals surface area contributed by atoms with Gasteiger partial charge in [-0.05, 0) is 45.2 Å². The largest absolute Gasteiger partial charge is 0.310 e. The van der Waals surface area contributed by atoms with Crippen LogP contribution in [0.4, 0.5) is 0 Å². The van der Waals surface area contributed by atoms with E-state index in [0.29, 0.717) is 0 Å². The summed E-state index contributed by atoms with van der Waals surface area (Å²) in [4.78, 5) is 5.33. The first kappa shape index (κ1) is 11.9. The Morgan fingerprint density at radius 3 is 2.59 bits per heavy atom. The Kier molecular flexibility index (Phi) is 3.69. The van der Waals surface area contributed by atoms with Crippen LogP contribution in [-0.2, 0) is 0 Å². The van der Waals surface area contributed by atoms with E-state index < -0.39 is 0 Å². The first-order chi connectivity index (χ1) is 8.35. The van der Waals surface area contributed by atoms with Crippen LogP contribution in [0.2, 0.25) is 0 Å². The standard InChI is InChI=1S/C14H27N3/c1-2-17(14-5-6-14)10-9-16-8-7-13(11-16)15-12-3-4-12/h12-15H,2-11H2,1H3. The van der Waals surface area contributed by atoms with Crippen molar-refractivity contribution in [3.05, 3.63) is 0 Å². The number of nitrogens with one attached hydrogen (secondary N) is 1. The average molecular weight is 237 g/mol. The summed E-state index contributed by atoms with van der Waals surface area (Å²) in [5.74, 6) is 0. The number of hydrogen-bond acceptors (Lipinski definition) is 3. The van der Waals surface area contributed by atoms with Crippen molar-refractivity contribution in [3.63, 3.8) is 0 Å². The van der Waals surface area contributed by atoms with Crippen LogP contribution in [0.1, 0.15) is 39.0 Å². The average Bonchev–Trinajstić information content (AvgIpc) is 3.21. The van der Waals surface area contributed by atoms with Crippen LogP contribution in [0, 0.1) is 0 Å². The van der Waals surface area contributed by atoms with Gasteiger partial charge < -0.3 is 10.2 Å². The van der Waals surface area contributed by atoms with Gasteiger partial charge in [0.2, 0.25) is 0 Å². The molecule has 0 radical (unpaired) electrons. The van der Waals surface area contributed by atoms with Gasteiger partial charge in [-0.3, -0.25) is 4.90 Å². The Hall–Kier alpha value is -0.120. The molecular weight excluding hydrogens is 210 g/mol. The van der Waals surface area contributed by atoms with Crippen LogP contribution in [0.15, 0.2) is 0 Å². The van der Waals surface area contributed by atoms with E-state index in [9.17, 15) is 0 Å². The van der Waals surface area contributed by atoms with Crippen molar-refractivity contribution in [3.8, 4) is 0 Å². The first-order valence-electron chi connectivity index (χ1n) is 7.57. The second-order valence-electron chi connectivity index (χ2n) is 6.09. The number of likely N-dealkylation sites (N-methyl/N-ethyl adjacent to an activating group) is 1. The number of likely N-dealkylation sites (tertiary alicyclic amines) is 1. The second kappa shape index (κ2) is 5.25. The molecule has 1 saturated heterocycles. The predicted molar refractivity (Wildman–Crippen MR) is 71.3 cm³/mol. The lowest BCUT2D eigenvalue weighted by Gasteiger charge is -2.24. The topological polar surface area (TPSA) is 18.5 Å². The van der Waals surface area contributed by atoms with Gasteiger partial charge >= 0.3 is 0 Å². The van der Waals surface area contributed by atoms with E-state index >= 15 is 0 Å². The highest BCUT2D eigenvalue weighted by Crippen LogP contribution is 2.26. The molecule has 0 spiro atoms. The maximum Gasteiger partial charge on any atom is 0.0209 e. The fraction of sp³-hybridized carbons (Fsp3) is 1.00. The number of hydrogen-bond donors (Lipinski definition) is 1. The highest BCUT2D eigenvalue weighted by molar-refractivity contribution is 4.90. The minimum Gasteiger partial charge on any atom is -0.310 e. The molecule has 17 heavy (non-hydrogen) atoms. The van der Waals surface area contributed by atoms with E-state index in [-0.39, 0.29) is 0 Å². The SMILES string of the molecule is CCN(CCN1CCC(NC2CC2)C1)C1CC1. The van der Waals surface area contributed by atoms with Gasteiger partial charge in [-0.15, -0.1) is 0 Å². The van der Waals surface area contributed by atoms with Crippen molar-refractivity contribution < 1.29 is 0 Å². The fourth-order valence-corrected chi connectivity index (χ4v) is 3.06. The molecule has 1 unspecified atom stereocenters. The van der Waals surface area contributed by atoms with Gasteiger partial charge in [-0.2, -0.15) is 0 Å². The molecule has 1 aliphatic heterocycles. The molecule has 98 valence electrons. The van der Waals surface area contributed by atoms with Crippen molar-refractivity contribution in [2.45, 2.75) is 57.2 Å². The monoisotopic (exact) mass is 237 g/mol. The molecule has 0 amide bonds. The third-order valence-corrected chi connectivity index (χ3v) is 4.49. The summed E-state index contributed by atoms with van der Waals surface area (Å²) >= 11 is 0. The summed E-state index contributed by atoms with van der Waals surface area (Å²) in [5.41, 5.74) is 0. The van der Waals surface area contributed by atoms with Crippen molar-refractivity contribution in [1.29, 1.82) is 0 Å². The van der Waals surface area contributed by atoms with Gasteiger partial charge in [-0.25, -0.2) is 0 Å². The second-order valence-corrected chi connectivity index (χ2v) is 6.09. The van der Waals surface area contributed by atoms with Gasteiger partial charge in [0, 0.05) is 37.8 Å². The molecule has 1 N–H and O–H groups in total. The van der Waals surface area contributed by atoms with E-state index in [1.165, 1.54) is 64.8 Å². The van der Waals surface area contributed by atoms with Crippen LogP contribution in [-0.4, -0.2) is 60.6 Å². The Bertz CT molecular complexity index is 248. The quantitative estimate of drug-likeness (QED) is 0.720. The summed E-state index contributed by atoms with van der Waals surface area (Å²) in [5, 5.41) is 3.76. The Morgan fingerprint density at radius 2 is 1.94 bits per heavy atom. The van der Waals surface area contributed by atoms with E-state index in [4.69, 9.17) is 0 Å². The molecule has 0 aromatic carbocycles. The van der Waals surface area contributed by atoms with Crippen molar-refractivity contribution >= 4 is 0 Å². The van der Waals surface area contributed by atoms with Crippen LogP contribution in [0.3, 0.4) is 0 Å². The molecule has 2 aliphatic carbocycles. The molecule has 0 aromatic rings. The summed E-state index contributed by atoms with van der Waals surface area (Å²) in [6.45, 7) is 8.72. The predicted octanol–water partition coefficient (Wildman–Crippen LogP) is 1.30. The third-order valence-electron chi connectivity index (χ3n) is 4.49. The molecule has 3 aliphatic rings. The Morgan fingerprint density at radius 1 is 1.12 bits per heavy atom. The molecule has 3 fully saturated rings. The highest BCUT2D eigenvalue weighted by Gasteiger charge is 2.31. The van der Waals surface area contributed by atoms with Crippen molar-refractivity contribution in [1.82, 2.24) is 15.1 Å².